The van der Waals surface area contributed by atoms with Crippen molar-refractivity contribution >= 4 is 50.0 Å². The van der Waals surface area contributed by atoms with Gasteiger partial charge in [0.2, 0.25) is 5.91 Å². The van der Waals surface area contributed by atoms with E-state index in [-0.39, 0.29) is 22.4 Å². The van der Waals surface area contributed by atoms with Crippen molar-refractivity contribution in [2.75, 3.05) is 55.3 Å². The van der Waals surface area contributed by atoms with Crippen LogP contribution in [0.25, 0.3) is 11.0 Å². The lowest BCUT2D eigenvalue weighted by molar-refractivity contribution is -0.129. The van der Waals surface area contributed by atoms with E-state index in [1.165, 1.54) is 13.0 Å². The minimum absolute atomic E-state index is 0.000814. The Bertz CT molecular complexity index is 1630. The summed E-state index contributed by atoms with van der Waals surface area (Å²) in [7, 11) is -1.04. The first-order chi connectivity index (χ1) is 19.3. The number of sulfonamides is 1. The number of ether oxygens (including phenoxy) is 2. The van der Waals surface area contributed by atoms with Gasteiger partial charge in [-0.3, -0.25) is 9.52 Å². The second-order valence-corrected chi connectivity index (χ2v) is 10.8. The standard InChI is InChI=1S/C28H29N6O5S/c1-19(35)33-12-14-34(15-13-33)25-10-6-7-11-26(25)40(36,37)32-28-27(30-23-8-4-5-9-24(23)31-28)29-20-16-21(38-2)18-22(17-20)39-3/h4-6,8-11,16-18H,12-15H2,1-3H3,(H,29,30)(H,31,32). The fraction of sp³-hybridized carbons (Fsp3) is 0.250. The van der Waals surface area contributed by atoms with Gasteiger partial charge in [0.05, 0.1) is 30.9 Å². The van der Waals surface area contributed by atoms with Gasteiger partial charge in [0.1, 0.15) is 16.4 Å². The average molecular weight is 562 g/mol. The number of para-hydroxylation sites is 2. The van der Waals surface area contributed by atoms with E-state index in [2.05, 4.69) is 26.1 Å². The van der Waals surface area contributed by atoms with Gasteiger partial charge in [-0.25, -0.2) is 18.4 Å². The lowest BCUT2D eigenvalue weighted by atomic mass is 10.2. The summed E-state index contributed by atoms with van der Waals surface area (Å²) in [4.78, 5) is 24.8. The third-order valence-electron chi connectivity index (χ3n) is 6.58. The number of carbonyl (C=O) groups is 1. The summed E-state index contributed by atoms with van der Waals surface area (Å²) in [5.41, 5.74) is 2.20. The van der Waals surface area contributed by atoms with Gasteiger partial charge in [0.15, 0.2) is 11.6 Å². The molecule has 0 spiro atoms. The molecule has 1 aliphatic rings. The minimum Gasteiger partial charge on any atom is -0.497 e. The van der Waals surface area contributed by atoms with E-state index >= 15 is 0 Å². The van der Waals surface area contributed by atoms with Crippen LogP contribution in [0.3, 0.4) is 0 Å². The van der Waals surface area contributed by atoms with Crippen LogP contribution in [0.15, 0.2) is 65.6 Å². The van der Waals surface area contributed by atoms with Gasteiger partial charge in [-0.2, -0.15) is 0 Å². The highest BCUT2D eigenvalue weighted by Gasteiger charge is 2.27. The molecule has 3 aromatic carbocycles. The van der Waals surface area contributed by atoms with Gasteiger partial charge in [-0.05, 0) is 30.3 Å². The van der Waals surface area contributed by atoms with Gasteiger partial charge < -0.3 is 24.6 Å². The molecule has 5 rings (SSSR count). The number of anilines is 4. The molecule has 2 heterocycles. The summed E-state index contributed by atoms with van der Waals surface area (Å²) < 4.78 is 41.0. The molecule has 207 valence electrons. The molecular weight excluding hydrogens is 532 g/mol. The van der Waals surface area contributed by atoms with Gasteiger partial charge in [-0.1, -0.05) is 18.2 Å². The van der Waals surface area contributed by atoms with E-state index in [4.69, 9.17) is 9.47 Å². The highest BCUT2D eigenvalue weighted by molar-refractivity contribution is 7.92. The second-order valence-electron chi connectivity index (χ2n) is 9.13. The molecule has 1 amide bonds. The number of carbonyl (C=O) groups excluding carboxylic acids is 1. The molecule has 1 fully saturated rings. The number of piperazine rings is 1. The topological polar surface area (TPSA) is 126 Å². The average Bonchev–Trinajstić information content (AvgIpc) is 2.97. The molecule has 0 bridgehead atoms. The molecule has 4 aromatic rings. The number of hydrogen-bond acceptors (Lipinski definition) is 9. The quantitative estimate of drug-likeness (QED) is 0.331. The van der Waals surface area contributed by atoms with Crippen molar-refractivity contribution < 1.29 is 22.7 Å². The first-order valence-corrected chi connectivity index (χ1v) is 14.1. The molecule has 1 aromatic heterocycles. The highest BCUT2D eigenvalue weighted by Crippen LogP contribution is 2.33. The van der Waals surface area contributed by atoms with Crippen LogP contribution >= 0.6 is 0 Å². The summed E-state index contributed by atoms with van der Waals surface area (Å²) in [6, 6.07) is 20.1. The molecule has 0 aliphatic carbocycles. The van der Waals surface area contributed by atoms with Crippen LogP contribution in [0.5, 0.6) is 11.5 Å². The number of methoxy groups -OCH3 is 2. The van der Waals surface area contributed by atoms with Crippen LogP contribution in [0.2, 0.25) is 0 Å². The smallest absolute Gasteiger partial charge is 0.265 e. The Morgan fingerprint density at radius 3 is 2.15 bits per heavy atom. The van der Waals surface area contributed by atoms with Crippen LogP contribution in [0.1, 0.15) is 6.92 Å². The number of hydrogen-bond donors (Lipinski definition) is 2. The van der Waals surface area contributed by atoms with Crippen molar-refractivity contribution in [2.45, 2.75) is 11.8 Å². The first kappa shape index (κ1) is 27.0. The maximum atomic E-state index is 13.8. The molecule has 40 heavy (non-hydrogen) atoms. The molecule has 1 radical (unpaired) electrons. The Kier molecular flexibility index (Phi) is 7.60. The Hall–Kier alpha value is -4.58. The van der Waals surface area contributed by atoms with Crippen molar-refractivity contribution in [1.29, 1.82) is 0 Å². The number of nitrogens with zero attached hydrogens (tertiary/aromatic N) is 4. The van der Waals surface area contributed by atoms with Crippen molar-refractivity contribution in [1.82, 2.24) is 14.9 Å². The lowest BCUT2D eigenvalue weighted by Crippen LogP contribution is -2.48. The normalized spacial score (nSPS) is 13.7. The molecule has 12 heteroatoms. The summed E-state index contributed by atoms with van der Waals surface area (Å²) in [5.74, 6) is 1.32. The number of aromatic nitrogens is 2. The lowest BCUT2D eigenvalue weighted by Gasteiger charge is -2.36. The molecule has 0 saturated carbocycles. The van der Waals surface area contributed by atoms with Crippen molar-refractivity contribution in [3.63, 3.8) is 0 Å². The summed E-state index contributed by atoms with van der Waals surface area (Å²) >= 11 is 0. The number of benzene rings is 3. The molecule has 0 unspecified atom stereocenters. The SMILES string of the molecule is COc1cc(Nc2nc3ccccc3nc2NS(=O)(=O)c2c[c]ccc2N2CCN(C(C)=O)CC2)cc(OC)c1. The van der Waals surface area contributed by atoms with Crippen LogP contribution in [-0.4, -0.2) is 69.6 Å². The van der Waals surface area contributed by atoms with E-state index in [9.17, 15) is 13.2 Å². The van der Waals surface area contributed by atoms with E-state index in [0.717, 1.165) is 0 Å². The Labute approximate surface area is 232 Å². The summed E-state index contributed by atoms with van der Waals surface area (Å²) in [6.07, 6.45) is 0. The van der Waals surface area contributed by atoms with Gasteiger partial charge in [0.25, 0.3) is 10.0 Å². The number of rotatable bonds is 8. The van der Waals surface area contributed by atoms with Gasteiger partial charge in [0, 0.05) is 57.0 Å². The predicted molar refractivity (Wildman–Crippen MR) is 153 cm³/mol. The molecule has 11 nitrogen and oxygen atoms in total. The molecule has 1 aliphatic heterocycles. The fourth-order valence-electron chi connectivity index (χ4n) is 4.50. The monoisotopic (exact) mass is 561 g/mol. The van der Waals surface area contributed by atoms with Gasteiger partial charge in [-0.15, -0.1) is 0 Å². The number of fused-ring (bicyclic) bond motifs is 1. The van der Waals surface area contributed by atoms with Crippen LogP contribution in [0.4, 0.5) is 23.0 Å². The van der Waals surface area contributed by atoms with Crippen molar-refractivity contribution in [2.24, 2.45) is 0 Å². The van der Waals surface area contributed by atoms with E-state index in [0.29, 0.717) is 60.1 Å². The van der Waals surface area contributed by atoms with Crippen molar-refractivity contribution in [3.05, 3.63) is 66.7 Å². The molecule has 2 N–H and O–H groups in total. The molecule has 1 saturated heterocycles. The van der Waals surface area contributed by atoms with E-state index in [1.54, 1.807) is 67.7 Å². The van der Waals surface area contributed by atoms with Crippen LogP contribution in [0, 0.1) is 6.07 Å². The Morgan fingerprint density at radius 1 is 0.925 bits per heavy atom. The zero-order valence-corrected chi connectivity index (χ0v) is 23.2. The van der Waals surface area contributed by atoms with Gasteiger partial charge >= 0.3 is 0 Å². The fourth-order valence-corrected chi connectivity index (χ4v) is 5.71. The third-order valence-corrected chi connectivity index (χ3v) is 7.94. The highest BCUT2D eigenvalue weighted by atomic mass is 32.2. The maximum Gasteiger partial charge on any atom is 0.265 e. The molecule has 0 atom stereocenters. The zero-order valence-electron chi connectivity index (χ0n) is 22.3. The van der Waals surface area contributed by atoms with E-state index < -0.39 is 10.0 Å². The maximum absolute atomic E-state index is 13.8. The van der Waals surface area contributed by atoms with E-state index in [1.807, 2.05) is 11.0 Å². The number of nitrogens with one attached hydrogen (secondary N) is 2. The second kappa shape index (κ2) is 11.3. The largest absolute Gasteiger partial charge is 0.497 e. The van der Waals surface area contributed by atoms with Crippen molar-refractivity contribution in [3.8, 4) is 11.5 Å². The van der Waals surface area contributed by atoms with Crippen LogP contribution in [-0.2, 0) is 14.8 Å². The van der Waals surface area contributed by atoms with Crippen LogP contribution < -0.4 is 24.4 Å². The first-order valence-electron chi connectivity index (χ1n) is 12.6. The Morgan fingerprint density at radius 2 is 1.55 bits per heavy atom. The zero-order chi connectivity index (χ0) is 28.3. The third kappa shape index (κ3) is 5.71. The number of amides is 1. The Balaban J connectivity index is 1.51. The molecular formula is C28H29N6O5S. The summed E-state index contributed by atoms with van der Waals surface area (Å²) in [6.45, 7) is 3.56. The summed E-state index contributed by atoms with van der Waals surface area (Å²) in [5, 5.41) is 3.17. The predicted octanol–water partition coefficient (Wildman–Crippen LogP) is 3.66. The minimum atomic E-state index is -4.13.